The highest BCUT2D eigenvalue weighted by Gasteiger charge is 2.15. The van der Waals surface area contributed by atoms with E-state index in [0.29, 0.717) is 5.75 Å². The lowest BCUT2D eigenvalue weighted by Gasteiger charge is -2.05. The van der Waals surface area contributed by atoms with Crippen LogP contribution in [0.3, 0.4) is 0 Å². The summed E-state index contributed by atoms with van der Waals surface area (Å²) in [6.07, 6.45) is 0. The summed E-state index contributed by atoms with van der Waals surface area (Å²) in [5, 5.41) is 8.90. The molecular formula is C13H17N3OS2. The van der Waals surface area contributed by atoms with Crippen LogP contribution in [-0.2, 0) is 6.54 Å². The third-order valence-electron chi connectivity index (χ3n) is 3.02. The smallest absolute Gasteiger partial charge is 0.174 e. The molecule has 0 bridgehead atoms. The normalized spacial score (nSPS) is 10.9. The van der Waals surface area contributed by atoms with Gasteiger partial charge in [0.2, 0.25) is 0 Å². The van der Waals surface area contributed by atoms with E-state index < -0.39 is 0 Å². The van der Waals surface area contributed by atoms with Gasteiger partial charge in [0, 0.05) is 23.5 Å². The van der Waals surface area contributed by atoms with Crippen LogP contribution in [0.5, 0.6) is 0 Å². The molecule has 0 aliphatic heterocycles. The number of carbonyl (C=O) groups excluding carboxylic acids is 1. The Kier molecular flexibility index (Phi) is 4.42. The van der Waals surface area contributed by atoms with Crippen LogP contribution in [0.1, 0.15) is 33.7 Å². The van der Waals surface area contributed by atoms with E-state index in [1.807, 2.05) is 26.8 Å². The fraction of sp³-hybridized carbons (Fsp3) is 0.462. The molecule has 0 saturated carbocycles. The Balaban J connectivity index is 2.08. The Morgan fingerprint density at radius 2 is 2.11 bits per heavy atom. The number of thioether (sulfide) groups is 1. The highest BCUT2D eigenvalue weighted by molar-refractivity contribution is 8.01. The molecule has 0 spiro atoms. The highest BCUT2D eigenvalue weighted by atomic mass is 32.2. The Hall–Kier alpha value is -1.14. The minimum Gasteiger partial charge on any atom is -0.349 e. The molecule has 0 aliphatic carbocycles. The SMILES string of the molecule is CCn1c(C)cc(C(=O)CSc2nnc(C)s2)c1C. The molecule has 0 radical (unpaired) electrons. The van der Waals surface area contributed by atoms with Crippen LogP contribution in [-0.4, -0.2) is 26.3 Å². The van der Waals surface area contributed by atoms with Crippen LogP contribution in [0.15, 0.2) is 10.4 Å². The van der Waals surface area contributed by atoms with E-state index >= 15 is 0 Å². The summed E-state index contributed by atoms with van der Waals surface area (Å²) in [5.41, 5.74) is 3.02. The van der Waals surface area contributed by atoms with Gasteiger partial charge in [-0.1, -0.05) is 23.1 Å². The molecule has 2 aromatic heterocycles. The molecule has 2 rings (SSSR count). The van der Waals surface area contributed by atoms with Gasteiger partial charge >= 0.3 is 0 Å². The number of rotatable bonds is 5. The summed E-state index contributed by atoms with van der Waals surface area (Å²) >= 11 is 2.99. The van der Waals surface area contributed by atoms with Gasteiger partial charge in [-0.25, -0.2) is 0 Å². The zero-order chi connectivity index (χ0) is 14.0. The monoisotopic (exact) mass is 295 g/mol. The highest BCUT2D eigenvalue weighted by Crippen LogP contribution is 2.24. The van der Waals surface area contributed by atoms with E-state index in [9.17, 15) is 4.79 Å². The molecule has 6 heteroatoms. The molecule has 2 heterocycles. The lowest BCUT2D eigenvalue weighted by molar-refractivity contribution is 0.102. The Labute approximate surface area is 121 Å². The van der Waals surface area contributed by atoms with Gasteiger partial charge in [-0.3, -0.25) is 4.79 Å². The molecule has 0 aliphatic rings. The van der Waals surface area contributed by atoms with E-state index in [0.717, 1.165) is 32.8 Å². The van der Waals surface area contributed by atoms with E-state index in [-0.39, 0.29) is 5.78 Å². The zero-order valence-electron chi connectivity index (χ0n) is 11.6. The van der Waals surface area contributed by atoms with Crippen LogP contribution < -0.4 is 0 Å². The first-order chi connectivity index (χ1) is 9.02. The molecule has 0 atom stereocenters. The van der Waals surface area contributed by atoms with Crippen molar-refractivity contribution in [2.24, 2.45) is 0 Å². The molecule has 19 heavy (non-hydrogen) atoms. The fourth-order valence-corrected chi connectivity index (χ4v) is 3.81. The Morgan fingerprint density at radius 1 is 1.37 bits per heavy atom. The van der Waals surface area contributed by atoms with E-state index in [1.54, 1.807) is 0 Å². The van der Waals surface area contributed by atoms with Gasteiger partial charge in [0.05, 0.1) is 5.75 Å². The molecular weight excluding hydrogens is 278 g/mol. The summed E-state index contributed by atoms with van der Waals surface area (Å²) < 4.78 is 3.02. The molecule has 102 valence electrons. The third kappa shape index (κ3) is 3.06. The molecule has 0 amide bonds. The van der Waals surface area contributed by atoms with Crippen molar-refractivity contribution in [3.05, 3.63) is 28.0 Å². The molecule has 4 nitrogen and oxygen atoms in total. The number of Topliss-reactive ketones (excluding diaryl/α,β-unsaturated/α-hetero) is 1. The van der Waals surface area contributed by atoms with Crippen LogP contribution >= 0.6 is 23.1 Å². The van der Waals surface area contributed by atoms with Gasteiger partial charge in [-0.05, 0) is 33.8 Å². The number of hydrogen-bond donors (Lipinski definition) is 0. The quantitative estimate of drug-likeness (QED) is 0.627. The zero-order valence-corrected chi connectivity index (χ0v) is 13.2. The summed E-state index contributed by atoms with van der Waals surface area (Å²) in [4.78, 5) is 12.2. The first kappa shape index (κ1) is 14.3. The maximum absolute atomic E-state index is 12.2. The van der Waals surface area contributed by atoms with Crippen molar-refractivity contribution in [2.75, 3.05) is 5.75 Å². The third-order valence-corrected chi connectivity index (χ3v) is 5.00. The molecule has 0 saturated heterocycles. The summed E-state index contributed by atoms with van der Waals surface area (Å²) in [5.74, 6) is 0.577. The molecule has 0 N–H and O–H groups in total. The van der Waals surface area contributed by atoms with Crippen LogP contribution in [0.25, 0.3) is 0 Å². The average molecular weight is 295 g/mol. The van der Waals surface area contributed by atoms with Crippen molar-refractivity contribution in [3.63, 3.8) is 0 Å². The van der Waals surface area contributed by atoms with Crippen molar-refractivity contribution < 1.29 is 4.79 Å². The Bertz CT molecular complexity index is 601. The number of nitrogens with zero attached hydrogens (tertiary/aromatic N) is 3. The standard InChI is InChI=1S/C13H17N3OS2/c1-5-16-8(2)6-11(9(16)3)12(17)7-18-13-15-14-10(4)19-13/h6H,5,7H2,1-4H3. The summed E-state index contributed by atoms with van der Waals surface area (Å²) in [6, 6.07) is 1.98. The van der Waals surface area contributed by atoms with E-state index in [2.05, 4.69) is 21.7 Å². The van der Waals surface area contributed by atoms with Crippen molar-refractivity contribution >= 4 is 28.9 Å². The first-order valence-electron chi connectivity index (χ1n) is 6.15. The largest absolute Gasteiger partial charge is 0.349 e. The minimum absolute atomic E-state index is 0.158. The molecule has 0 fully saturated rings. The average Bonchev–Trinajstić information content (AvgIpc) is 2.90. The van der Waals surface area contributed by atoms with Crippen molar-refractivity contribution in [1.29, 1.82) is 0 Å². The van der Waals surface area contributed by atoms with Crippen LogP contribution in [0.2, 0.25) is 0 Å². The second-order valence-corrected chi connectivity index (χ2v) is 6.73. The van der Waals surface area contributed by atoms with E-state index in [1.165, 1.54) is 23.1 Å². The topological polar surface area (TPSA) is 47.8 Å². The number of aryl methyl sites for hydroxylation is 2. The lowest BCUT2D eigenvalue weighted by atomic mass is 10.2. The predicted molar refractivity (Wildman–Crippen MR) is 79.3 cm³/mol. The summed E-state index contributed by atoms with van der Waals surface area (Å²) in [7, 11) is 0. The van der Waals surface area contributed by atoms with Crippen molar-refractivity contribution in [3.8, 4) is 0 Å². The van der Waals surface area contributed by atoms with Crippen LogP contribution in [0, 0.1) is 20.8 Å². The van der Waals surface area contributed by atoms with Crippen molar-refractivity contribution in [1.82, 2.24) is 14.8 Å². The predicted octanol–water partition coefficient (Wildman–Crippen LogP) is 3.26. The van der Waals surface area contributed by atoms with Gasteiger partial charge in [0.15, 0.2) is 10.1 Å². The number of carbonyl (C=O) groups is 1. The maximum Gasteiger partial charge on any atom is 0.174 e. The van der Waals surface area contributed by atoms with Gasteiger partial charge in [-0.2, -0.15) is 0 Å². The fourth-order valence-electron chi connectivity index (χ4n) is 2.11. The van der Waals surface area contributed by atoms with E-state index in [4.69, 9.17) is 0 Å². The van der Waals surface area contributed by atoms with Crippen molar-refractivity contribution in [2.45, 2.75) is 38.6 Å². The Morgan fingerprint density at radius 3 is 2.63 bits per heavy atom. The van der Waals surface area contributed by atoms with Crippen LogP contribution in [0.4, 0.5) is 0 Å². The van der Waals surface area contributed by atoms with Gasteiger partial charge in [0.1, 0.15) is 5.01 Å². The molecule has 2 aromatic rings. The lowest BCUT2D eigenvalue weighted by Crippen LogP contribution is -2.05. The molecule has 0 unspecified atom stereocenters. The molecule has 0 aromatic carbocycles. The first-order valence-corrected chi connectivity index (χ1v) is 7.96. The summed E-state index contributed by atoms with van der Waals surface area (Å²) in [6.45, 7) is 8.94. The van der Waals surface area contributed by atoms with Gasteiger partial charge in [0.25, 0.3) is 0 Å². The van der Waals surface area contributed by atoms with Gasteiger partial charge < -0.3 is 4.57 Å². The minimum atomic E-state index is 0.158. The number of aromatic nitrogens is 3. The number of hydrogen-bond acceptors (Lipinski definition) is 5. The second kappa shape index (κ2) is 5.88. The number of ketones is 1. The van der Waals surface area contributed by atoms with Gasteiger partial charge in [-0.15, -0.1) is 10.2 Å². The maximum atomic E-state index is 12.2. The second-order valence-electron chi connectivity index (χ2n) is 4.33.